The molecule has 1 atom stereocenters. The molecule has 0 aliphatic carbocycles. The lowest BCUT2D eigenvalue weighted by molar-refractivity contribution is 0.0628. The van der Waals surface area contributed by atoms with Crippen LogP contribution in [0, 0.1) is 6.92 Å². The summed E-state index contributed by atoms with van der Waals surface area (Å²) in [5, 5.41) is 3.20. The Kier molecular flexibility index (Phi) is 6.37. The number of amides is 2. The van der Waals surface area contributed by atoms with Gasteiger partial charge in [0.25, 0.3) is 0 Å². The molecule has 1 aromatic heterocycles. The summed E-state index contributed by atoms with van der Waals surface area (Å²) >= 11 is 0. The van der Waals surface area contributed by atoms with E-state index in [2.05, 4.69) is 10.2 Å². The average molecular weight is 349 g/mol. The van der Waals surface area contributed by atoms with Crippen molar-refractivity contribution in [2.45, 2.75) is 58.2 Å². The fraction of sp³-hybridized carbons (Fsp3) is 0.737. The summed E-state index contributed by atoms with van der Waals surface area (Å²) in [5.74, 6) is 1.71. The molecule has 2 aliphatic rings. The van der Waals surface area contributed by atoms with Gasteiger partial charge in [-0.2, -0.15) is 0 Å². The number of hydrogen-bond acceptors (Lipinski definition) is 4. The van der Waals surface area contributed by atoms with Gasteiger partial charge in [0.05, 0.1) is 12.6 Å². The second kappa shape index (κ2) is 8.72. The second-order valence-electron chi connectivity index (χ2n) is 7.19. The van der Waals surface area contributed by atoms with Crippen LogP contribution in [0.2, 0.25) is 0 Å². The number of nitrogens with one attached hydrogen (secondary N) is 1. The van der Waals surface area contributed by atoms with Crippen molar-refractivity contribution in [3.63, 3.8) is 0 Å². The summed E-state index contributed by atoms with van der Waals surface area (Å²) in [7, 11) is 0. The number of urea groups is 1. The summed E-state index contributed by atoms with van der Waals surface area (Å²) in [6.07, 6.45) is 4.82. The van der Waals surface area contributed by atoms with E-state index in [0.29, 0.717) is 19.2 Å². The minimum atomic E-state index is 0.00845. The van der Waals surface area contributed by atoms with Crippen LogP contribution in [-0.4, -0.2) is 60.8 Å². The van der Waals surface area contributed by atoms with Crippen molar-refractivity contribution >= 4 is 6.03 Å². The summed E-state index contributed by atoms with van der Waals surface area (Å²) in [6.45, 7) is 9.14. The highest BCUT2D eigenvalue weighted by molar-refractivity contribution is 5.74. The van der Waals surface area contributed by atoms with Crippen molar-refractivity contribution in [1.82, 2.24) is 15.1 Å². The van der Waals surface area contributed by atoms with E-state index in [9.17, 15) is 4.79 Å². The van der Waals surface area contributed by atoms with Gasteiger partial charge in [0.15, 0.2) is 0 Å². The zero-order valence-corrected chi connectivity index (χ0v) is 15.5. The Labute approximate surface area is 150 Å². The number of carbonyl (C=O) groups is 1. The Morgan fingerprint density at radius 1 is 1.32 bits per heavy atom. The van der Waals surface area contributed by atoms with Gasteiger partial charge in [-0.3, -0.25) is 0 Å². The molecular weight excluding hydrogens is 318 g/mol. The lowest BCUT2D eigenvalue weighted by atomic mass is 10.0. The number of likely N-dealkylation sites (tertiary alicyclic amines) is 1. The molecule has 2 aliphatic heterocycles. The molecule has 0 bridgehead atoms. The molecule has 140 valence electrons. The normalized spacial score (nSPS) is 22.2. The van der Waals surface area contributed by atoms with Crippen LogP contribution in [0.1, 0.15) is 44.1 Å². The highest BCUT2D eigenvalue weighted by Crippen LogP contribution is 2.17. The monoisotopic (exact) mass is 349 g/mol. The summed E-state index contributed by atoms with van der Waals surface area (Å²) < 4.78 is 11.3. The highest BCUT2D eigenvalue weighted by Gasteiger charge is 2.25. The average Bonchev–Trinajstić information content (AvgIpc) is 3.26. The Morgan fingerprint density at radius 2 is 2.12 bits per heavy atom. The Morgan fingerprint density at radius 3 is 2.72 bits per heavy atom. The first-order valence-electron chi connectivity index (χ1n) is 9.58. The molecule has 0 saturated carbocycles. The van der Waals surface area contributed by atoms with Crippen LogP contribution in [0.5, 0.6) is 0 Å². The highest BCUT2D eigenvalue weighted by atomic mass is 16.5. The first kappa shape index (κ1) is 18.3. The molecular formula is C19H31N3O3. The Balaban J connectivity index is 1.41. The minimum Gasteiger partial charge on any atom is -0.464 e. The van der Waals surface area contributed by atoms with Gasteiger partial charge in [0.2, 0.25) is 0 Å². The maximum Gasteiger partial charge on any atom is 0.318 e. The van der Waals surface area contributed by atoms with E-state index in [4.69, 9.17) is 9.15 Å². The SMILES string of the molecule is CCN(Cc1ccc(C)o1)C(=O)NC1CCN(C[C@H]2CCCO2)CC1. The van der Waals surface area contributed by atoms with Crippen LogP contribution in [0.3, 0.4) is 0 Å². The van der Waals surface area contributed by atoms with Gasteiger partial charge in [-0.05, 0) is 51.7 Å². The lowest BCUT2D eigenvalue weighted by Crippen LogP contribution is -2.49. The van der Waals surface area contributed by atoms with Crippen molar-refractivity contribution in [2.75, 3.05) is 32.8 Å². The van der Waals surface area contributed by atoms with E-state index >= 15 is 0 Å². The van der Waals surface area contributed by atoms with Crippen LogP contribution in [0.15, 0.2) is 16.5 Å². The topological polar surface area (TPSA) is 58.0 Å². The third-order valence-electron chi connectivity index (χ3n) is 5.21. The van der Waals surface area contributed by atoms with Gasteiger partial charge < -0.3 is 24.3 Å². The summed E-state index contributed by atoms with van der Waals surface area (Å²) in [5.41, 5.74) is 0. The third kappa shape index (κ3) is 5.22. The van der Waals surface area contributed by atoms with Crippen molar-refractivity contribution in [1.29, 1.82) is 0 Å². The molecule has 25 heavy (non-hydrogen) atoms. The summed E-state index contributed by atoms with van der Waals surface area (Å²) in [6, 6.07) is 4.15. The Bertz CT molecular complexity index is 546. The van der Waals surface area contributed by atoms with E-state index < -0.39 is 0 Å². The van der Waals surface area contributed by atoms with Gasteiger partial charge in [0, 0.05) is 38.8 Å². The maximum absolute atomic E-state index is 12.6. The molecule has 1 aromatic rings. The molecule has 3 heterocycles. The minimum absolute atomic E-state index is 0.00845. The fourth-order valence-electron chi connectivity index (χ4n) is 3.69. The van der Waals surface area contributed by atoms with Crippen LogP contribution in [0.25, 0.3) is 0 Å². The maximum atomic E-state index is 12.6. The number of hydrogen-bond donors (Lipinski definition) is 1. The quantitative estimate of drug-likeness (QED) is 0.858. The number of carbonyl (C=O) groups excluding carboxylic acids is 1. The molecule has 0 spiro atoms. The summed E-state index contributed by atoms with van der Waals surface area (Å²) in [4.78, 5) is 16.8. The zero-order valence-electron chi connectivity index (χ0n) is 15.5. The van der Waals surface area contributed by atoms with E-state index in [1.54, 1.807) is 4.90 Å². The number of nitrogens with zero attached hydrogens (tertiary/aromatic N) is 2. The first-order chi connectivity index (χ1) is 12.1. The van der Waals surface area contributed by atoms with Crippen molar-refractivity contribution in [3.05, 3.63) is 23.7 Å². The van der Waals surface area contributed by atoms with Gasteiger partial charge in [-0.15, -0.1) is 0 Å². The molecule has 0 radical (unpaired) electrons. The Hall–Kier alpha value is -1.53. The molecule has 3 rings (SSSR count). The number of ether oxygens (including phenoxy) is 1. The third-order valence-corrected chi connectivity index (χ3v) is 5.21. The lowest BCUT2D eigenvalue weighted by Gasteiger charge is -2.34. The molecule has 6 heteroatoms. The number of aryl methyl sites for hydroxylation is 1. The van der Waals surface area contributed by atoms with Crippen molar-refractivity contribution in [3.8, 4) is 0 Å². The molecule has 0 unspecified atom stereocenters. The molecule has 2 fully saturated rings. The zero-order chi connectivity index (χ0) is 17.6. The van der Waals surface area contributed by atoms with Gasteiger partial charge >= 0.3 is 6.03 Å². The molecule has 6 nitrogen and oxygen atoms in total. The van der Waals surface area contributed by atoms with Gasteiger partial charge in [0.1, 0.15) is 11.5 Å². The van der Waals surface area contributed by atoms with E-state index in [0.717, 1.165) is 50.6 Å². The van der Waals surface area contributed by atoms with E-state index in [-0.39, 0.29) is 12.1 Å². The largest absolute Gasteiger partial charge is 0.464 e. The van der Waals surface area contributed by atoms with E-state index in [1.165, 1.54) is 12.8 Å². The van der Waals surface area contributed by atoms with Gasteiger partial charge in [-0.1, -0.05) is 0 Å². The van der Waals surface area contributed by atoms with Gasteiger partial charge in [-0.25, -0.2) is 4.79 Å². The first-order valence-corrected chi connectivity index (χ1v) is 9.58. The van der Waals surface area contributed by atoms with Crippen LogP contribution in [0.4, 0.5) is 4.79 Å². The number of piperidine rings is 1. The van der Waals surface area contributed by atoms with Crippen LogP contribution in [-0.2, 0) is 11.3 Å². The predicted octanol–water partition coefficient (Wildman–Crippen LogP) is 2.76. The molecule has 2 saturated heterocycles. The second-order valence-corrected chi connectivity index (χ2v) is 7.19. The fourth-order valence-corrected chi connectivity index (χ4v) is 3.69. The standard InChI is InChI=1S/C19H31N3O3/c1-3-22(14-18-7-6-15(2)25-18)19(23)20-16-8-10-21(11-9-16)13-17-5-4-12-24-17/h6-7,16-17H,3-5,8-14H2,1-2H3,(H,20,23)/t17-/m1/s1. The van der Waals surface area contributed by atoms with Crippen molar-refractivity contribution in [2.24, 2.45) is 0 Å². The number of rotatable bonds is 6. The molecule has 1 N–H and O–H groups in total. The van der Waals surface area contributed by atoms with Crippen LogP contribution < -0.4 is 5.32 Å². The molecule has 0 aromatic carbocycles. The predicted molar refractivity (Wildman–Crippen MR) is 96.5 cm³/mol. The van der Waals surface area contributed by atoms with E-state index in [1.807, 2.05) is 26.0 Å². The molecule has 2 amide bonds. The number of furan rings is 1. The van der Waals surface area contributed by atoms with Crippen molar-refractivity contribution < 1.29 is 13.9 Å². The smallest absolute Gasteiger partial charge is 0.318 e. The van der Waals surface area contributed by atoms with Crippen LogP contribution >= 0.6 is 0 Å².